The standard InChI is InChI=1S/3C27H54N2O.C6H8O7/c3*1-5-7-8-9-10-11-12-13-14-15-16-17-18-19-20-21-22-23-24-25-27(30)28-29(3,4)26-6-2;7-3(8)1-6(13,5(11)12)2-4(9)10/h3*13-14H,5-12,15-26H2,1-4H3;13H,1-2H2,(H,7,8)(H,9,10)(H,11,12)/b3*14-13-;. The first-order chi connectivity index (χ1) is 49.3. The summed E-state index contributed by atoms with van der Waals surface area (Å²) < 4.78 is 1.80. The normalized spacial score (nSPS) is 11.9. The van der Waals surface area contributed by atoms with E-state index in [4.69, 9.17) is 5.11 Å². The molecule has 0 radical (unpaired) electrons. The first kappa shape index (κ1) is 105. The van der Waals surface area contributed by atoms with Crippen molar-refractivity contribution in [3.8, 4) is 0 Å². The van der Waals surface area contributed by atoms with Crippen LogP contribution in [0.15, 0.2) is 36.5 Å². The first-order valence-electron chi connectivity index (χ1n) is 43.0. The quantitative estimate of drug-likeness (QED) is 0.0195. The van der Waals surface area contributed by atoms with Crippen LogP contribution in [0.3, 0.4) is 0 Å². The molecule has 16 heteroatoms. The van der Waals surface area contributed by atoms with Gasteiger partial charge in [-0.2, -0.15) is 0 Å². The van der Waals surface area contributed by atoms with E-state index in [2.05, 4.69) is 137 Å². The predicted octanol–water partition coefficient (Wildman–Crippen LogP) is 19.1. The Morgan fingerprint density at radius 1 is 0.272 bits per heavy atom. The molecular weight excluding hydrogens is 1290 g/mol. The average molecular weight is 1460 g/mol. The lowest BCUT2D eigenvalue weighted by molar-refractivity contribution is -0.925. The van der Waals surface area contributed by atoms with Gasteiger partial charge in [0.15, 0.2) is 0 Å². The highest BCUT2D eigenvalue weighted by Gasteiger charge is 2.29. The van der Waals surface area contributed by atoms with Crippen molar-refractivity contribution in [3.63, 3.8) is 0 Å². The van der Waals surface area contributed by atoms with Crippen molar-refractivity contribution in [1.29, 1.82) is 0 Å². The summed E-state index contributed by atoms with van der Waals surface area (Å²) in [4.78, 5) is 66.0. The molecule has 0 aromatic rings. The Kier molecular flexibility index (Phi) is 79.2. The van der Waals surface area contributed by atoms with Gasteiger partial charge in [0.25, 0.3) is 17.7 Å². The van der Waals surface area contributed by atoms with Crippen LogP contribution in [0, 0.1) is 0 Å². The maximum Gasteiger partial charge on any atom is 0.264 e. The number of nitrogens with one attached hydrogen (secondary N) is 3. The van der Waals surface area contributed by atoms with Gasteiger partial charge in [-0.25, -0.2) is 30.1 Å². The van der Waals surface area contributed by atoms with E-state index in [1.165, 1.54) is 308 Å². The fourth-order valence-electron chi connectivity index (χ4n) is 12.9. The van der Waals surface area contributed by atoms with Gasteiger partial charge in [0.1, 0.15) is 25.2 Å². The van der Waals surface area contributed by atoms with E-state index < -0.39 is 36.4 Å². The second-order valence-electron chi connectivity index (χ2n) is 31.5. The lowest BCUT2D eigenvalue weighted by atomic mass is 9.96. The van der Waals surface area contributed by atoms with Gasteiger partial charge in [-0.1, -0.05) is 309 Å². The van der Waals surface area contributed by atoms with Gasteiger partial charge in [0.05, 0.1) is 48.3 Å². The maximum absolute atomic E-state index is 12.0. The Labute approximate surface area is 636 Å². The zero-order chi connectivity index (χ0) is 77.7. The molecule has 0 unspecified atom stereocenters. The Hall–Kier alpha value is -4.12. The Morgan fingerprint density at radius 2 is 0.437 bits per heavy atom. The number of hydrogen-bond donors (Lipinski definition) is 4. The highest BCUT2D eigenvalue weighted by molar-refractivity contribution is 5.86. The molecule has 4 N–H and O–H groups in total. The number of quaternary nitrogens is 3. The molecule has 0 atom stereocenters. The molecule has 16 nitrogen and oxygen atoms in total. The lowest BCUT2D eigenvalue weighted by Gasteiger charge is -2.29. The minimum absolute atomic E-state index is 0.203. The van der Waals surface area contributed by atoms with E-state index >= 15 is 0 Å². The number of carboxylic acids is 3. The Bertz CT molecular complexity index is 1830. The molecule has 3 amide bonds. The van der Waals surface area contributed by atoms with Gasteiger partial charge in [-0.15, -0.1) is 0 Å². The van der Waals surface area contributed by atoms with Gasteiger partial charge in [-0.3, -0.25) is 14.4 Å². The number of rotatable bonds is 71. The van der Waals surface area contributed by atoms with Crippen LogP contribution in [0.1, 0.15) is 420 Å². The van der Waals surface area contributed by atoms with Crippen LogP contribution in [0.5, 0.6) is 0 Å². The van der Waals surface area contributed by atoms with E-state index in [0.29, 0.717) is 33.0 Å². The second kappa shape index (κ2) is 77.5. The lowest BCUT2D eigenvalue weighted by Crippen LogP contribution is -2.54. The number of carbonyl (C=O) groups excluding carboxylic acids is 6. The molecule has 0 saturated heterocycles. The molecular formula is C87H170N6O10. The number of aliphatic hydroxyl groups is 1. The first-order valence-corrected chi connectivity index (χ1v) is 43.0. The predicted molar refractivity (Wildman–Crippen MR) is 429 cm³/mol. The highest BCUT2D eigenvalue weighted by atomic mass is 16.4. The largest absolute Gasteiger partial charge is 0.550 e. The number of aliphatic carboxylic acids is 3. The molecule has 0 aromatic carbocycles. The topological polar surface area (TPSA) is 228 Å². The Balaban J connectivity index is -0.000000656. The van der Waals surface area contributed by atoms with E-state index in [9.17, 15) is 44.1 Å². The molecule has 0 aromatic heterocycles. The van der Waals surface area contributed by atoms with E-state index in [0.717, 1.165) is 58.2 Å². The average Bonchev–Trinajstić information content (AvgIpc) is 0.862. The molecule has 608 valence electrons. The minimum atomic E-state index is -2.97. The molecule has 0 spiro atoms. The number of carboxylic acid groups (broad SMARTS) is 3. The van der Waals surface area contributed by atoms with Crippen LogP contribution in [0.25, 0.3) is 0 Å². The molecule has 0 heterocycles. The van der Waals surface area contributed by atoms with Crippen molar-refractivity contribution >= 4 is 35.6 Å². The van der Waals surface area contributed by atoms with Crippen molar-refractivity contribution in [3.05, 3.63) is 36.5 Å². The summed E-state index contributed by atoms with van der Waals surface area (Å²) >= 11 is 0. The monoisotopic (exact) mass is 1460 g/mol. The van der Waals surface area contributed by atoms with Crippen LogP contribution in [-0.4, -0.2) is 122 Å². The van der Waals surface area contributed by atoms with Crippen LogP contribution in [0.4, 0.5) is 0 Å². The van der Waals surface area contributed by atoms with Crippen molar-refractivity contribution in [2.24, 2.45) is 0 Å². The van der Waals surface area contributed by atoms with Crippen molar-refractivity contribution in [2.75, 3.05) is 61.9 Å². The van der Waals surface area contributed by atoms with Gasteiger partial charge in [0.2, 0.25) is 0 Å². The number of amides is 3. The van der Waals surface area contributed by atoms with E-state index in [-0.39, 0.29) is 17.7 Å². The third-order valence-corrected chi connectivity index (χ3v) is 18.9. The van der Waals surface area contributed by atoms with Crippen molar-refractivity contribution in [2.45, 2.75) is 426 Å². The van der Waals surface area contributed by atoms with Gasteiger partial charge < -0.3 is 34.8 Å². The molecule has 0 fully saturated rings. The number of nitrogens with zero attached hydrogens (tertiary/aromatic N) is 3. The summed E-state index contributed by atoms with van der Waals surface area (Å²) in [5.74, 6) is -5.37. The fourth-order valence-corrected chi connectivity index (χ4v) is 12.9. The number of allylic oxidation sites excluding steroid dienone is 6. The van der Waals surface area contributed by atoms with Gasteiger partial charge in [0, 0.05) is 44.0 Å². The van der Waals surface area contributed by atoms with Crippen LogP contribution in [-0.2, 0) is 28.8 Å². The second-order valence-corrected chi connectivity index (χ2v) is 31.5. The van der Waals surface area contributed by atoms with Crippen LogP contribution < -0.4 is 31.6 Å². The number of unbranched alkanes of at least 4 members (excludes halogenated alkanes) is 45. The number of carbonyl (C=O) groups is 6. The summed E-state index contributed by atoms with van der Waals surface area (Å²) in [6, 6.07) is 0. The maximum atomic E-state index is 12.0. The molecule has 0 aliphatic heterocycles. The zero-order valence-electron chi connectivity index (χ0n) is 69.8. The van der Waals surface area contributed by atoms with Gasteiger partial charge >= 0.3 is 0 Å². The molecule has 103 heavy (non-hydrogen) atoms. The fraction of sp³-hybridized carbons (Fsp3) is 0.862. The van der Waals surface area contributed by atoms with Crippen molar-refractivity contribution < 1.29 is 63.0 Å². The van der Waals surface area contributed by atoms with Crippen LogP contribution >= 0.6 is 0 Å². The minimum Gasteiger partial charge on any atom is -0.550 e. The van der Waals surface area contributed by atoms with Crippen LogP contribution in [0.2, 0.25) is 0 Å². The number of hydrogen-bond acceptors (Lipinski definition) is 10. The summed E-state index contributed by atoms with van der Waals surface area (Å²) in [7, 11) is 12.4. The Morgan fingerprint density at radius 3 is 0.592 bits per heavy atom. The third-order valence-electron chi connectivity index (χ3n) is 18.9. The van der Waals surface area contributed by atoms with E-state index in [1.54, 1.807) is 0 Å². The molecule has 0 aliphatic rings. The highest BCUT2D eigenvalue weighted by Crippen LogP contribution is 2.18. The summed E-state index contributed by atoms with van der Waals surface area (Å²) in [5, 5.41) is 38.9. The summed E-state index contributed by atoms with van der Waals surface area (Å²) in [6.45, 7) is 16.3. The third kappa shape index (κ3) is 86.7. The zero-order valence-corrected chi connectivity index (χ0v) is 69.8. The smallest absolute Gasteiger partial charge is 0.264 e. The molecule has 0 saturated carbocycles. The SMILES string of the molecule is CCCCCCCC/C=C\CCCCCCCCCCCC(=O)N[N+](C)(C)CCC.CCCCCCCC/C=C\CCCCCCCCCCCC(=O)N[N+](C)(C)CCC.CCCCCCCC/C=C\CCCCCCCCCCCC(=O)N[N+](C)(C)CCC.O=C([O-])CC(O)(CC(=O)[O-])C(=O)[O-]. The van der Waals surface area contributed by atoms with Gasteiger partial charge in [-0.05, 0) is 116 Å². The molecule has 0 aliphatic carbocycles. The van der Waals surface area contributed by atoms with E-state index in [1.807, 2.05) is 0 Å². The summed E-state index contributed by atoms with van der Waals surface area (Å²) in [6.07, 6.45) is 84.9. The molecule has 0 rings (SSSR count). The molecule has 0 bridgehead atoms. The van der Waals surface area contributed by atoms with Crippen molar-refractivity contribution in [1.82, 2.24) is 16.3 Å². The summed E-state index contributed by atoms with van der Waals surface area (Å²) in [5.41, 5.74) is 6.35.